The summed E-state index contributed by atoms with van der Waals surface area (Å²) in [5.74, 6) is 0. The number of anilines is 1. The van der Waals surface area contributed by atoms with Crippen molar-refractivity contribution in [2.24, 2.45) is 0 Å². The molecule has 1 nitrogen and oxygen atoms in total. The summed E-state index contributed by atoms with van der Waals surface area (Å²) in [6.07, 6.45) is 0. The van der Waals surface area contributed by atoms with Crippen LogP contribution in [0.1, 0.15) is 0 Å². The maximum atomic E-state index is 6.02. The molecular formula is C18H14ClN. The lowest BCUT2D eigenvalue weighted by Crippen LogP contribution is -1.89. The van der Waals surface area contributed by atoms with Crippen molar-refractivity contribution in [2.45, 2.75) is 0 Å². The molecule has 0 saturated carbocycles. The fraction of sp³-hybridized carbons (Fsp3) is 0. The van der Waals surface area contributed by atoms with Crippen molar-refractivity contribution >= 4 is 17.3 Å². The summed E-state index contributed by atoms with van der Waals surface area (Å²) in [6.45, 7) is 0. The average molecular weight is 280 g/mol. The molecule has 2 N–H and O–H groups in total. The fourth-order valence-electron chi connectivity index (χ4n) is 2.27. The molecule has 0 atom stereocenters. The van der Waals surface area contributed by atoms with Crippen LogP contribution in [0.3, 0.4) is 0 Å². The lowest BCUT2D eigenvalue weighted by Gasteiger charge is -2.08. The molecular weight excluding hydrogens is 266 g/mol. The summed E-state index contributed by atoms with van der Waals surface area (Å²) in [5.41, 5.74) is 11.2. The number of nitrogens with two attached hydrogens (primary N) is 1. The van der Waals surface area contributed by atoms with Crippen molar-refractivity contribution in [1.29, 1.82) is 0 Å². The van der Waals surface area contributed by atoms with Gasteiger partial charge in [0.05, 0.1) is 0 Å². The van der Waals surface area contributed by atoms with Crippen LogP contribution in [0.2, 0.25) is 5.02 Å². The molecule has 0 saturated heterocycles. The molecule has 0 aliphatic heterocycles. The molecule has 0 bridgehead atoms. The Balaban J connectivity index is 1.97. The van der Waals surface area contributed by atoms with Gasteiger partial charge in [0.15, 0.2) is 0 Å². The first-order valence-corrected chi connectivity index (χ1v) is 6.83. The van der Waals surface area contributed by atoms with Crippen LogP contribution in [-0.2, 0) is 0 Å². The third kappa shape index (κ3) is 2.54. The minimum absolute atomic E-state index is 0.659. The van der Waals surface area contributed by atoms with E-state index in [9.17, 15) is 0 Å². The van der Waals surface area contributed by atoms with Gasteiger partial charge in [0.2, 0.25) is 0 Å². The van der Waals surface area contributed by atoms with E-state index in [-0.39, 0.29) is 0 Å². The zero-order valence-corrected chi connectivity index (χ0v) is 11.6. The quantitative estimate of drug-likeness (QED) is 0.637. The van der Waals surface area contributed by atoms with E-state index >= 15 is 0 Å². The van der Waals surface area contributed by atoms with Crippen LogP contribution in [0.4, 0.5) is 5.69 Å². The molecule has 0 unspecified atom stereocenters. The highest BCUT2D eigenvalue weighted by Crippen LogP contribution is 2.30. The first kappa shape index (κ1) is 12.8. The normalized spacial score (nSPS) is 10.4. The fourth-order valence-corrected chi connectivity index (χ4v) is 2.45. The predicted molar refractivity (Wildman–Crippen MR) is 86.7 cm³/mol. The topological polar surface area (TPSA) is 26.0 Å². The van der Waals surface area contributed by atoms with Gasteiger partial charge < -0.3 is 5.73 Å². The number of hydrogen-bond acceptors (Lipinski definition) is 1. The maximum Gasteiger partial charge on any atom is 0.0426 e. The lowest BCUT2D eigenvalue weighted by molar-refractivity contribution is 1.58. The van der Waals surface area contributed by atoms with Gasteiger partial charge in [0.25, 0.3) is 0 Å². The van der Waals surface area contributed by atoms with Crippen molar-refractivity contribution < 1.29 is 0 Å². The van der Waals surface area contributed by atoms with Crippen molar-refractivity contribution in [3.63, 3.8) is 0 Å². The second-order valence-electron chi connectivity index (χ2n) is 4.67. The van der Waals surface area contributed by atoms with Gasteiger partial charge in [-0.15, -0.1) is 0 Å². The molecule has 0 aromatic heterocycles. The van der Waals surface area contributed by atoms with Crippen molar-refractivity contribution in [3.8, 4) is 22.3 Å². The third-order valence-electron chi connectivity index (χ3n) is 3.32. The van der Waals surface area contributed by atoms with Gasteiger partial charge in [0, 0.05) is 16.3 Å². The van der Waals surface area contributed by atoms with Gasteiger partial charge in [-0.2, -0.15) is 0 Å². The van der Waals surface area contributed by atoms with Gasteiger partial charge in [-0.1, -0.05) is 72.3 Å². The standard InChI is InChI=1S/C18H14ClN/c19-16-10-11-17(18(20)12-16)15-8-6-14(7-9-15)13-4-2-1-3-5-13/h1-12H,20H2. The highest BCUT2D eigenvalue weighted by molar-refractivity contribution is 6.31. The van der Waals surface area contributed by atoms with E-state index in [2.05, 4.69) is 36.4 Å². The lowest BCUT2D eigenvalue weighted by atomic mass is 9.99. The molecule has 0 aliphatic rings. The maximum absolute atomic E-state index is 6.02. The summed E-state index contributed by atoms with van der Waals surface area (Å²) < 4.78 is 0. The Morgan fingerprint density at radius 2 is 1.25 bits per heavy atom. The van der Waals surface area contributed by atoms with Crippen LogP contribution in [0.25, 0.3) is 22.3 Å². The molecule has 2 heteroatoms. The van der Waals surface area contributed by atoms with Gasteiger partial charge in [-0.05, 0) is 28.8 Å². The zero-order valence-electron chi connectivity index (χ0n) is 10.9. The summed E-state index contributed by atoms with van der Waals surface area (Å²) in [7, 11) is 0. The van der Waals surface area contributed by atoms with E-state index in [1.54, 1.807) is 6.07 Å². The molecule has 0 heterocycles. The number of benzene rings is 3. The molecule has 3 rings (SSSR count). The van der Waals surface area contributed by atoms with E-state index < -0.39 is 0 Å². The molecule has 0 aliphatic carbocycles. The van der Waals surface area contributed by atoms with Gasteiger partial charge >= 0.3 is 0 Å². The first-order chi connectivity index (χ1) is 9.74. The Morgan fingerprint density at radius 3 is 1.90 bits per heavy atom. The predicted octanol–water partition coefficient (Wildman–Crippen LogP) is 5.26. The zero-order chi connectivity index (χ0) is 13.9. The van der Waals surface area contributed by atoms with Crippen LogP contribution in [0.15, 0.2) is 72.8 Å². The average Bonchev–Trinajstić information content (AvgIpc) is 2.48. The molecule has 3 aromatic carbocycles. The van der Waals surface area contributed by atoms with Crippen molar-refractivity contribution in [1.82, 2.24) is 0 Å². The molecule has 98 valence electrons. The van der Waals surface area contributed by atoms with E-state index in [0.29, 0.717) is 10.7 Å². The summed E-state index contributed by atoms with van der Waals surface area (Å²) >= 11 is 5.93. The van der Waals surface area contributed by atoms with Crippen LogP contribution in [0, 0.1) is 0 Å². The van der Waals surface area contributed by atoms with Crippen LogP contribution >= 0.6 is 11.6 Å². The number of rotatable bonds is 2. The van der Waals surface area contributed by atoms with Crippen molar-refractivity contribution in [3.05, 3.63) is 77.8 Å². The van der Waals surface area contributed by atoms with Crippen LogP contribution < -0.4 is 5.73 Å². The van der Waals surface area contributed by atoms with E-state index in [1.165, 1.54) is 11.1 Å². The third-order valence-corrected chi connectivity index (χ3v) is 3.55. The van der Waals surface area contributed by atoms with Gasteiger partial charge in [0.1, 0.15) is 0 Å². The SMILES string of the molecule is Nc1cc(Cl)ccc1-c1ccc(-c2ccccc2)cc1. The molecule has 0 amide bonds. The molecule has 0 radical (unpaired) electrons. The first-order valence-electron chi connectivity index (χ1n) is 6.45. The molecule has 0 fully saturated rings. The summed E-state index contributed by atoms with van der Waals surface area (Å²) in [4.78, 5) is 0. The Kier molecular flexibility index (Phi) is 3.44. The Morgan fingerprint density at radius 1 is 0.650 bits per heavy atom. The van der Waals surface area contributed by atoms with Gasteiger partial charge in [-0.25, -0.2) is 0 Å². The van der Waals surface area contributed by atoms with E-state index in [0.717, 1.165) is 11.1 Å². The van der Waals surface area contributed by atoms with E-state index in [4.69, 9.17) is 17.3 Å². The number of hydrogen-bond donors (Lipinski definition) is 1. The molecule has 0 spiro atoms. The minimum Gasteiger partial charge on any atom is -0.398 e. The smallest absolute Gasteiger partial charge is 0.0426 e. The Hall–Kier alpha value is -2.25. The van der Waals surface area contributed by atoms with E-state index in [1.807, 2.05) is 30.3 Å². The van der Waals surface area contributed by atoms with Crippen LogP contribution in [-0.4, -0.2) is 0 Å². The second kappa shape index (κ2) is 5.40. The van der Waals surface area contributed by atoms with Crippen molar-refractivity contribution in [2.75, 3.05) is 5.73 Å². The number of nitrogen functional groups attached to an aromatic ring is 1. The largest absolute Gasteiger partial charge is 0.398 e. The molecule has 3 aromatic rings. The Bertz CT molecular complexity index is 718. The molecule has 20 heavy (non-hydrogen) atoms. The summed E-state index contributed by atoms with van der Waals surface area (Å²) in [5, 5.41) is 0.659. The van der Waals surface area contributed by atoms with Crippen LogP contribution in [0.5, 0.6) is 0 Å². The van der Waals surface area contributed by atoms with Gasteiger partial charge in [-0.3, -0.25) is 0 Å². The summed E-state index contributed by atoms with van der Waals surface area (Å²) in [6, 6.07) is 24.3. The number of halogens is 1. The monoisotopic (exact) mass is 279 g/mol. The Labute approximate surface area is 123 Å². The highest BCUT2D eigenvalue weighted by atomic mass is 35.5. The second-order valence-corrected chi connectivity index (χ2v) is 5.11. The highest BCUT2D eigenvalue weighted by Gasteiger charge is 2.04. The minimum atomic E-state index is 0.659.